The van der Waals surface area contributed by atoms with Crippen LogP contribution in [0.15, 0.2) is 67.0 Å². The number of carbonyl (C=O) groups is 2. The first-order chi connectivity index (χ1) is 17.1. The van der Waals surface area contributed by atoms with Crippen molar-refractivity contribution in [1.29, 1.82) is 0 Å². The third kappa shape index (κ3) is 5.92. The van der Waals surface area contributed by atoms with Crippen LogP contribution in [0.3, 0.4) is 0 Å². The number of benzene rings is 2. The molecule has 5 nitrogen and oxygen atoms in total. The monoisotopic (exact) mass is 481 g/mol. The lowest BCUT2D eigenvalue weighted by Gasteiger charge is -2.06. The van der Waals surface area contributed by atoms with Crippen molar-refractivity contribution in [3.63, 3.8) is 0 Å². The molecular formula is C29H24ClN3O2. The fourth-order valence-corrected chi connectivity index (χ4v) is 3.87. The summed E-state index contributed by atoms with van der Waals surface area (Å²) >= 11 is 6.38. The Morgan fingerprint density at radius 3 is 2.63 bits per heavy atom. The fourth-order valence-electron chi connectivity index (χ4n) is 3.64. The molecule has 0 aliphatic carbocycles. The second-order valence-electron chi connectivity index (χ2n) is 8.09. The van der Waals surface area contributed by atoms with Crippen LogP contribution in [0.5, 0.6) is 0 Å². The van der Waals surface area contributed by atoms with E-state index in [1.54, 1.807) is 42.7 Å². The predicted molar refractivity (Wildman–Crippen MR) is 140 cm³/mol. The zero-order chi connectivity index (χ0) is 24.6. The maximum Gasteiger partial charge on any atom is 0.251 e. The van der Waals surface area contributed by atoms with E-state index in [-0.39, 0.29) is 5.91 Å². The average molecular weight is 482 g/mol. The third-order valence-electron chi connectivity index (χ3n) is 5.59. The van der Waals surface area contributed by atoms with Gasteiger partial charge < -0.3 is 5.32 Å². The molecule has 6 heteroatoms. The van der Waals surface area contributed by atoms with Crippen LogP contribution in [-0.4, -0.2) is 28.7 Å². The second kappa shape index (κ2) is 11.4. The van der Waals surface area contributed by atoms with E-state index in [9.17, 15) is 9.59 Å². The van der Waals surface area contributed by atoms with Gasteiger partial charge in [-0.25, -0.2) is 4.98 Å². The van der Waals surface area contributed by atoms with Crippen molar-refractivity contribution in [3.05, 3.63) is 94.3 Å². The minimum atomic E-state index is -0.130. The van der Waals surface area contributed by atoms with Gasteiger partial charge in [0.15, 0.2) is 6.29 Å². The molecule has 2 aromatic carbocycles. The fraction of sp³-hybridized carbons (Fsp3) is 0.172. The Morgan fingerprint density at radius 1 is 1.06 bits per heavy atom. The molecule has 0 aliphatic rings. The summed E-state index contributed by atoms with van der Waals surface area (Å²) in [5.74, 6) is 6.05. The molecule has 1 amide bonds. The Labute approximate surface area is 209 Å². The van der Waals surface area contributed by atoms with E-state index < -0.39 is 0 Å². The molecule has 0 radical (unpaired) electrons. The third-order valence-corrected chi connectivity index (χ3v) is 5.90. The maximum atomic E-state index is 12.3. The molecule has 2 heterocycles. The molecule has 0 spiro atoms. The SMILES string of the molecule is CCCCCNC(=O)c1ccc(C#Cc2ccc(-c3cc(C=O)c4cnccc4n3)cc2)c(Cl)c1. The van der Waals surface area contributed by atoms with Gasteiger partial charge >= 0.3 is 0 Å². The summed E-state index contributed by atoms with van der Waals surface area (Å²) in [6.45, 7) is 2.78. The lowest BCUT2D eigenvalue weighted by Crippen LogP contribution is -2.24. The van der Waals surface area contributed by atoms with E-state index >= 15 is 0 Å². The molecule has 4 rings (SSSR count). The molecule has 0 fully saturated rings. The molecule has 0 aliphatic heterocycles. The number of nitrogens with one attached hydrogen (secondary N) is 1. The van der Waals surface area contributed by atoms with E-state index in [4.69, 9.17) is 11.6 Å². The topological polar surface area (TPSA) is 72.0 Å². The summed E-state index contributed by atoms with van der Waals surface area (Å²) in [7, 11) is 0. The van der Waals surface area contributed by atoms with Gasteiger partial charge in [-0.15, -0.1) is 0 Å². The summed E-state index contributed by atoms with van der Waals surface area (Å²) < 4.78 is 0. The van der Waals surface area contributed by atoms with Gasteiger partial charge in [0.2, 0.25) is 0 Å². The summed E-state index contributed by atoms with van der Waals surface area (Å²) in [5, 5.41) is 4.08. The van der Waals surface area contributed by atoms with Gasteiger partial charge in [0, 0.05) is 52.1 Å². The van der Waals surface area contributed by atoms with Crippen LogP contribution in [0, 0.1) is 11.8 Å². The molecule has 4 aromatic rings. The van der Waals surface area contributed by atoms with E-state index in [0.29, 0.717) is 34.0 Å². The zero-order valence-corrected chi connectivity index (χ0v) is 20.1. The summed E-state index contributed by atoms with van der Waals surface area (Å²) in [6, 6.07) is 16.3. The van der Waals surface area contributed by atoms with Crippen LogP contribution in [0.25, 0.3) is 22.2 Å². The summed E-state index contributed by atoms with van der Waals surface area (Å²) in [6.07, 6.45) is 7.28. The second-order valence-corrected chi connectivity index (χ2v) is 8.50. The quantitative estimate of drug-likeness (QED) is 0.197. The number of aldehydes is 1. The maximum absolute atomic E-state index is 12.3. The number of nitrogens with zero attached hydrogens (tertiary/aromatic N) is 2. The van der Waals surface area contributed by atoms with Crippen LogP contribution in [-0.2, 0) is 0 Å². The van der Waals surface area contributed by atoms with Crippen LogP contribution < -0.4 is 5.32 Å². The van der Waals surface area contributed by atoms with Gasteiger partial charge in [0.25, 0.3) is 5.91 Å². The van der Waals surface area contributed by atoms with E-state index in [0.717, 1.165) is 47.6 Å². The molecule has 0 atom stereocenters. The minimum absolute atomic E-state index is 0.130. The molecule has 1 N–H and O–H groups in total. The minimum Gasteiger partial charge on any atom is -0.352 e. The number of hydrogen-bond donors (Lipinski definition) is 1. The lowest BCUT2D eigenvalue weighted by molar-refractivity contribution is 0.0952. The Balaban J connectivity index is 1.49. The number of hydrogen-bond acceptors (Lipinski definition) is 4. The molecule has 0 unspecified atom stereocenters. The van der Waals surface area contributed by atoms with Gasteiger partial charge in [-0.2, -0.15) is 0 Å². The first kappa shape index (κ1) is 24.1. The first-order valence-corrected chi connectivity index (χ1v) is 11.9. The Bertz CT molecular complexity index is 1440. The smallest absolute Gasteiger partial charge is 0.251 e. The van der Waals surface area contributed by atoms with Gasteiger partial charge in [0.1, 0.15) is 0 Å². The highest BCUT2D eigenvalue weighted by atomic mass is 35.5. The van der Waals surface area contributed by atoms with Crippen molar-refractivity contribution in [2.45, 2.75) is 26.2 Å². The molecule has 0 saturated heterocycles. The largest absolute Gasteiger partial charge is 0.352 e. The van der Waals surface area contributed by atoms with Crippen molar-refractivity contribution < 1.29 is 9.59 Å². The van der Waals surface area contributed by atoms with E-state index in [1.165, 1.54) is 0 Å². The number of rotatable bonds is 7. The van der Waals surface area contributed by atoms with E-state index in [2.05, 4.69) is 34.0 Å². The summed E-state index contributed by atoms with van der Waals surface area (Å²) in [5.41, 5.74) is 4.84. The molecule has 2 aromatic heterocycles. The Kier molecular flexibility index (Phi) is 7.87. The molecular weight excluding hydrogens is 458 g/mol. The number of amides is 1. The zero-order valence-electron chi connectivity index (χ0n) is 19.3. The predicted octanol–water partition coefficient (Wildman–Crippen LogP) is 6.08. The highest BCUT2D eigenvalue weighted by Crippen LogP contribution is 2.24. The van der Waals surface area contributed by atoms with Crippen molar-refractivity contribution >= 4 is 34.7 Å². The standard InChI is InChI=1S/C29H24ClN3O2/c1-2-3-4-14-32-29(35)23-12-11-21(26(30)16-23)8-5-20-6-9-22(10-7-20)28-17-24(19-34)25-18-31-15-13-27(25)33-28/h6-7,9-13,15-19H,2-4,14H2,1H3,(H,32,35). The number of fused-ring (bicyclic) bond motifs is 1. The van der Waals surface area contributed by atoms with Crippen molar-refractivity contribution in [3.8, 4) is 23.1 Å². The lowest BCUT2D eigenvalue weighted by atomic mass is 10.0. The Hall–Kier alpha value is -4.01. The molecule has 174 valence electrons. The average Bonchev–Trinajstić information content (AvgIpc) is 2.90. The van der Waals surface area contributed by atoms with Crippen LogP contribution in [0.4, 0.5) is 0 Å². The normalized spacial score (nSPS) is 10.5. The molecule has 35 heavy (non-hydrogen) atoms. The van der Waals surface area contributed by atoms with Crippen molar-refractivity contribution in [2.24, 2.45) is 0 Å². The van der Waals surface area contributed by atoms with Crippen molar-refractivity contribution in [1.82, 2.24) is 15.3 Å². The number of halogens is 1. The van der Waals surface area contributed by atoms with E-state index in [1.807, 2.05) is 24.3 Å². The van der Waals surface area contributed by atoms with Crippen LogP contribution in [0.2, 0.25) is 5.02 Å². The summed E-state index contributed by atoms with van der Waals surface area (Å²) in [4.78, 5) is 32.5. The van der Waals surface area contributed by atoms with Gasteiger partial charge in [-0.1, -0.05) is 55.3 Å². The number of unbranched alkanes of at least 4 members (excludes halogenated alkanes) is 2. The molecule has 0 bridgehead atoms. The Morgan fingerprint density at radius 2 is 1.89 bits per heavy atom. The number of aromatic nitrogens is 2. The van der Waals surface area contributed by atoms with Crippen molar-refractivity contribution in [2.75, 3.05) is 6.54 Å². The van der Waals surface area contributed by atoms with Gasteiger partial charge in [-0.05, 0) is 48.9 Å². The first-order valence-electron chi connectivity index (χ1n) is 11.5. The van der Waals surface area contributed by atoms with Crippen LogP contribution in [0.1, 0.15) is 58.0 Å². The molecule has 0 saturated carbocycles. The number of pyridine rings is 2. The van der Waals surface area contributed by atoms with Crippen LogP contribution >= 0.6 is 11.6 Å². The number of carbonyl (C=O) groups excluding carboxylic acids is 2. The van der Waals surface area contributed by atoms with Gasteiger partial charge in [0.05, 0.1) is 16.2 Å². The highest BCUT2D eigenvalue weighted by molar-refractivity contribution is 6.32. The van der Waals surface area contributed by atoms with Gasteiger partial charge in [-0.3, -0.25) is 14.6 Å². The highest BCUT2D eigenvalue weighted by Gasteiger charge is 2.09.